The molecule has 0 unspecified atom stereocenters. The topological polar surface area (TPSA) is 17.1 Å². The number of Topliss-reactive ketones (excluding diaryl/α,β-unsaturated/α-hetero) is 1. The average Bonchev–Trinajstić information content (AvgIpc) is 2.41. The Balaban J connectivity index is 1.91. The third kappa shape index (κ3) is 4.48. The quantitative estimate of drug-likeness (QED) is 0.762. The lowest BCUT2D eigenvalue weighted by Crippen LogP contribution is -2.04. The molecule has 3 heteroatoms. The maximum absolute atomic E-state index is 12.0. The Morgan fingerprint density at radius 3 is 2.53 bits per heavy atom. The Bertz CT molecular complexity index is 566. The predicted molar refractivity (Wildman–Crippen MR) is 82.6 cm³/mol. The Labute approximate surface area is 126 Å². The van der Waals surface area contributed by atoms with Crippen LogP contribution in [0.1, 0.15) is 17.5 Å². The molecule has 0 atom stereocenters. The summed E-state index contributed by atoms with van der Waals surface area (Å²) in [7, 11) is 0. The molecule has 0 aliphatic carbocycles. The number of carbonyl (C=O) groups is 1. The van der Waals surface area contributed by atoms with E-state index in [2.05, 4.69) is 15.9 Å². The minimum absolute atomic E-state index is 0.216. The normalized spacial score (nSPS) is 10.4. The Morgan fingerprint density at radius 1 is 1.11 bits per heavy atom. The maximum atomic E-state index is 12.0. The third-order valence-electron chi connectivity index (χ3n) is 2.94. The molecule has 0 aliphatic rings. The molecule has 2 aromatic carbocycles. The summed E-state index contributed by atoms with van der Waals surface area (Å²) in [5.41, 5.74) is 2.08. The molecule has 98 valence electrons. The molecule has 0 heterocycles. The first-order valence-electron chi connectivity index (χ1n) is 6.15. The number of aryl methyl sites for hydroxylation is 1. The van der Waals surface area contributed by atoms with E-state index in [9.17, 15) is 4.79 Å². The van der Waals surface area contributed by atoms with Crippen LogP contribution in [0.25, 0.3) is 0 Å². The summed E-state index contributed by atoms with van der Waals surface area (Å²) < 4.78 is 0.929. The minimum Gasteiger partial charge on any atom is -0.299 e. The van der Waals surface area contributed by atoms with Crippen LogP contribution in [0, 0.1) is 0 Å². The largest absolute Gasteiger partial charge is 0.299 e. The summed E-state index contributed by atoms with van der Waals surface area (Å²) >= 11 is 9.46. The van der Waals surface area contributed by atoms with E-state index in [1.165, 1.54) is 5.56 Å². The first-order valence-corrected chi connectivity index (χ1v) is 7.32. The number of carbonyl (C=O) groups excluding carboxylic acids is 1. The first-order chi connectivity index (χ1) is 9.15. The van der Waals surface area contributed by atoms with Crippen molar-refractivity contribution < 1.29 is 4.79 Å². The van der Waals surface area contributed by atoms with Crippen molar-refractivity contribution in [3.63, 3.8) is 0 Å². The van der Waals surface area contributed by atoms with E-state index in [4.69, 9.17) is 11.6 Å². The molecule has 2 rings (SSSR count). The molecule has 0 aromatic heterocycles. The minimum atomic E-state index is 0.216. The zero-order valence-electron chi connectivity index (χ0n) is 10.4. The maximum Gasteiger partial charge on any atom is 0.137 e. The highest BCUT2D eigenvalue weighted by molar-refractivity contribution is 9.10. The van der Waals surface area contributed by atoms with Crippen molar-refractivity contribution in [2.75, 3.05) is 0 Å². The summed E-state index contributed by atoms with van der Waals surface area (Å²) in [6.07, 6.45) is 1.74. The zero-order chi connectivity index (χ0) is 13.7. The number of hydrogen-bond acceptors (Lipinski definition) is 1. The average molecular weight is 338 g/mol. The van der Waals surface area contributed by atoms with Gasteiger partial charge in [-0.2, -0.15) is 0 Å². The number of rotatable bonds is 5. The van der Waals surface area contributed by atoms with Crippen LogP contribution in [0.2, 0.25) is 5.02 Å². The van der Waals surface area contributed by atoms with Gasteiger partial charge in [0.1, 0.15) is 5.78 Å². The number of halogens is 2. The molecule has 0 saturated carbocycles. The van der Waals surface area contributed by atoms with Gasteiger partial charge in [-0.25, -0.2) is 0 Å². The second kappa shape index (κ2) is 6.88. The summed E-state index contributed by atoms with van der Waals surface area (Å²) in [6, 6.07) is 15.7. The molecule has 1 nitrogen and oxygen atoms in total. The van der Waals surface area contributed by atoms with Gasteiger partial charge in [-0.05, 0) is 29.7 Å². The van der Waals surface area contributed by atoms with Crippen LogP contribution in [0.4, 0.5) is 0 Å². The molecule has 0 aliphatic heterocycles. The van der Waals surface area contributed by atoms with Gasteiger partial charge in [-0.3, -0.25) is 4.79 Å². The molecule has 0 saturated heterocycles. The SMILES string of the molecule is O=C(CCc1ccccc1)Cc1ccc(Br)cc1Cl. The van der Waals surface area contributed by atoms with Crippen LogP contribution < -0.4 is 0 Å². The van der Waals surface area contributed by atoms with E-state index in [0.29, 0.717) is 17.9 Å². The third-order valence-corrected chi connectivity index (χ3v) is 3.78. The summed E-state index contributed by atoms with van der Waals surface area (Å²) in [5.74, 6) is 0.216. The molecule has 0 radical (unpaired) electrons. The molecule has 0 bridgehead atoms. The first kappa shape index (κ1) is 14.3. The molecular formula is C16H14BrClO. The van der Waals surface area contributed by atoms with Gasteiger partial charge in [-0.15, -0.1) is 0 Å². The molecule has 0 amide bonds. The Hall–Kier alpha value is -1.12. The molecule has 0 spiro atoms. The van der Waals surface area contributed by atoms with E-state index in [1.54, 1.807) is 0 Å². The van der Waals surface area contributed by atoms with Crippen LogP contribution in [0.15, 0.2) is 53.0 Å². The van der Waals surface area contributed by atoms with Crippen LogP contribution in [0.3, 0.4) is 0 Å². The summed E-state index contributed by atoms with van der Waals surface area (Å²) in [5, 5.41) is 0.641. The van der Waals surface area contributed by atoms with E-state index in [0.717, 1.165) is 16.5 Å². The second-order valence-electron chi connectivity index (χ2n) is 4.44. The van der Waals surface area contributed by atoms with Crippen molar-refractivity contribution in [1.82, 2.24) is 0 Å². The highest BCUT2D eigenvalue weighted by Gasteiger charge is 2.08. The van der Waals surface area contributed by atoms with Crippen molar-refractivity contribution in [2.45, 2.75) is 19.3 Å². The molecular weight excluding hydrogens is 324 g/mol. The van der Waals surface area contributed by atoms with Gasteiger partial charge in [0.2, 0.25) is 0 Å². The van der Waals surface area contributed by atoms with Gasteiger partial charge in [0.15, 0.2) is 0 Å². The smallest absolute Gasteiger partial charge is 0.137 e. The highest BCUT2D eigenvalue weighted by Crippen LogP contribution is 2.22. The summed E-state index contributed by atoms with van der Waals surface area (Å²) in [6.45, 7) is 0. The van der Waals surface area contributed by atoms with Gasteiger partial charge >= 0.3 is 0 Å². The van der Waals surface area contributed by atoms with Crippen LogP contribution in [-0.4, -0.2) is 5.78 Å². The number of hydrogen-bond donors (Lipinski definition) is 0. The standard InChI is InChI=1S/C16H14BrClO/c17-14-8-7-13(16(18)11-14)10-15(19)9-6-12-4-2-1-3-5-12/h1-5,7-8,11H,6,9-10H2. The molecule has 0 N–H and O–H groups in total. The molecule has 19 heavy (non-hydrogen) atoms. The monoisotopic (exact) mass is 336 g/mol. The van der Waals surface area contributed by atoms with Crippen LogP contribution in [-0.2, 0) is 17.6 Å². The van der Waals surface area contributed by atoms with E-state index in [-0.39, 0.29) is 5.78 Å². The van der Waals surface area contributed by atoms with Gasteiger partial charge in [0.25, 0.3) is 0 Å². The Kier molecular flexibility index (Phi) is 5.17. The van der Waals surface area contributed by atoms with E-state index < -0.39 is 0 Å². The zero-order valence-corrected chi connectivity index (χ0v) is 12.7. The van der Waals surface area contributed by atoms with Gasteiger partial charge in [0, 0.05) is 22.3 Å². The van der Waals surface area contributed by atoms with Crippen molar-refractivity contribution in [3.8, 4) is 0 Å². The number of ketones is 1. The molecule has 2 aromatic rings. The summed E-state index contributed by atoms with van der Waals surface area (Å²) in [4.78, 5) is 12.0. The lowest BCUT2D eigenvalue weighted by Gasteiger charge is -2.05. The highest BCUT2D eigenvalue weighted by atomic mass is 79.9. The van der Waals surface area contributed by atoms with Crippen molar-refractivity contribution >= 4 is 33.3 Å². The Morgan fingerprint density at radius 2 is 1.84 bits per heavy atom. The second-order valence-corrected chi connectivity index (χ2v) is 5.76. The van der Waals surface area contributed by atoms with Crippen molar-refractivity contribution in [3.05, 3.63) is 69.2 Å². The fraction of sp³-hybridized carbons (Fsp3) is 0.188. The lowest BCUT2D eigenvalue weighted by molar-refractivity contribution is -0.118. The van der Waals surface area contributed by atoms with Gasteiger partial charge in [0.05, 0.1) is 0 Å². The van der Waals surface area contributed by atoms with Crippen LogP contribution >= 0.6 is 27.5 Å². The van der Waals surface area contributed by atoms with Crippen LogP contribution in [0.5, 0.6) is 0 Å². The fourth-order valence-electron chi connectivity index (χ4n) is 1.89. The van der Waals surface area contributed by atoms with Gasteiger partial charge in [-0.1, -0.05) is 63.9 Å². The molecule has 0 fully saturated rings. The fourth-order valence-corrected chi connectivity index (χ4v) is 2.63. The van der Waals surface area contributed by atoms with E-state index >= 15 is 0 Å². The van der Waals surface area contributed by atoms with Gasteiger partial charge < -0.3 is 0 Å². The van der Waals surface area contributed by atoms with Crippen molar-refractivity contribution in [1.29, 1.82) is 0 Å². The number of benzene rings is 2. The predicted octanol–water partition coefficient (Wildman–Crippen LogP) is 4.85. The van der Waals surface area contributed by atoms with E-state index in [1.807, 2.05) is 48.5 Å². The lowest BCUT2D eigenvalue weighted by atomic mass is 10.0. The van der Waals surface area contributed by atoms with Crippen molar-refractivity contribution in [2.24, 2.45) is 0 Å².